The number of hydrogen-bond donors (Lipinski definition) is 1. The molecule has 0 bridgehead atoms. The molecule has 1 aromatic heterocycles. The molecule has 20 heavy (non-hydrogen) atoms. The van der Waals surface area contributed by atoms with Gasteiger partial charge in [0.25, 0.3) is 0 Å². The molecule has 0 aliphatic carbocycles. The molecule has 0 unspecified atom stereocenters. The molecule has 1 aliphatic heterocycles. The molecular formula is C13H18ClN3O3. The Morgan fingerprint density at radius 2 is 2.20 bits per heavy atom. The van der Waals surface area contributed by atoms with E-state index in [9.17, 15) is 9.59 Å². The number of halogens is 1. The Bertz CT molecular complexity index is 606. The molecule has 110 valence electrons. The molecule has 6 nitrogen and oxygen atoms in total. The lowest BCUT2D eigenvalue weighted by molar-refractivity contribution is -0.160. The highest BCUT2D eigenvalue weighted by Gasteiger charge is 2.40. The van der Waals surface area contributed by atoms with Crippen molar-refractivity contribution in [3.05, 3.63) is 21.7 Å². The molecule has 1 aromatic rings. The predicted molar refractivity (Wildman–Crippen MR) is 76.0 cm³/mol. The zero-order chi connectivity index (χ0) is 15.1. The SMILES string of the molecule is CC(C)(C)OC(=O)[C@@]1(C)CCn2c(cc(Cl)nc2=O)N1. The Hall–Kier alpha value is -1.56. The molecule has 2 heterocycles. The Kier molecular flexibility index (Phi) is 3.54. The maximum Gasteiger partial charge on any atom is 0.350 e. The van der Waals surface area contributed by atoms with Gasteiger partial charge in [-0.1, -0.05) is 11.6 Å². The lowest BCUT2D eigenvalue weighted by Gasteiger charge is -2.37. The lowest BCUT2D eigenvalue weighted by atomic mass is 9.95. The normalized spacial score (nSPS) is 21.9. The van der Waals surface area contributed by atoms with Crippen LogP contribution in [-0.2, 0) is 16.1 Å². The van der Waals surface area contributed by atoms with Gasteiger partial charge in [0.05, 0.1) is 0 Å². The first-order chi connectivity index (χ1) is 9.11. The maximum absolute atomic E-state index is 12.3. The molecule has 1 aliphatic rings. The van der Waals surface area contributed by atoms with E-state index in [4.69, 9.17) is 16.3 Å². The van der Waals surface area contributed by atoms with Crippen LogP contribution < -0.4 is 11.0 Å². The molecule has 0 saturated carbocycles. The summed E-state index contributed by atoms with van der Waals surface area (Å²) in [6.45, 7) is 7.59. The van der Waals surface area contributed by atoms with E-state index in [1.54, 1.807) is 6.92 Å². The highest BCUT2D eigenvalue weighted by molar-refractivity contribution is 6.29. The number of ether oxygens (including phenoxy) is 1. The third-order valence-electron chi connectivity index (χ3n) is 3.07. The van der Waals surface area contributed by atoms with Crippen LogP contribution in [0.5, 0.6) is 0 Å². The quantitative estimate of drug-likeness (QED) is 0.632. The minimum Gasteiger partial charge on any atom is -0.458 e. The van der Waals surface area contributed by atoms with Gasteiger partial charge in [0.2, 0.25) is 0 Å². The second-order valence-electron chi connectivity index (χ2n) is 6.11. The minimum absolute atomic E-state index is 0.0992. The summed E-state index contributed by atoms with van der Waals surface area (Å²) in [5.74, 6) is 0.131. The van der Waals surface area contributed by atoms with Crippen LogP contribution in [0, 0.1) is 0 Å². The number of carbonyl (C=O) groups excluding carboxylic acids is 1. The van der Waals surface area contributed by atoms with Crippen LogP contribution in [0.4, 0.5) is 5.82 Å². The van der Waals surface area contributed by atoms with Gasteiger partial charge < -0.3 is 10.1 Å². The fraction of sp³-hybridized carbons (Fsp3) is 0.615. The average molecular weight is 300 g/mol. The highest BCUT2D eigenvalue weighted by Crippen LogP contribution is 2.28. The number of anilines is 1. The zero-order valence-electron chi connectivity index (χ0n) is 12.0. The van der Waals surface area contributed by atoms with Crippen LogP contribution in [0.25, 0.3) is 0 Å². The number of aromatic nitrogens is 2. The van der Waals surface area contributed by atoms with Crippen molar-refractivity contribution >= 4 is 23.4 Å². The zero-order valence-corrected chi connectivity index (χ0v) is 12.7. The van der Waals surface area contributed by atoms with E-state index in [1.807, 2.05) is 20.8 Å². The van der Waals surface area contributed by atoms with Crippen molar-refractivity contribution in [2.45, 2.75) is 51.8 Å². The Balaban J connectivity index is 2.30. The van der Waals surface area contributed by atoms with Crippen LogP contribution in [0.2, 0.25) is 5.15 Å². The Morgan fingerprint density at radius 3 is 2.80 bits per heavy atom. The van der Waals surface area contributed by atoms with E-state index in [0.717, 1.165) is 0 Å². The van der Waals surface area contributed by atoms with Crippen LogP contribution in [0.1, 0.15) is 34.1 Å². The molecule has 0 fully saturated rings. The average Bonchev–Trinajstić information content (AvgIpc) is 2.25. The molecule has 1 N–H and O–H groups in total. The van der Waals surface area contributed by atoms with E-state index in [1.165, 1.54) is 10.6 Å². The van der Waals surface area contributed by atoms with Crippen molar-refractivity contribution in [1.29, 1.82) is 0 Å². The van der Waals surface area contributed by atoms with E-state index < -0.39 is 16.8 Å². The van der Waals surface area contributed by atoms with Crippen LogP contribution in [0.3, 0.4) is 0 Å². The number of nitrogens with zero attached hydrogens (tertiary/aromatic N) is 2. The van der Waals surface area contributed by atoms with Crippen LogP contribution in [0.15, 0.2) is 10.9 Å². The topological polar surface area (TPSA) is 73.2 Å². The number of fused-ring (bicyclic) bond motifs is 1. The number of nitrogens with one attached hydrogen (secondary N) is 1. The summed E-state index contributed by atoms with van der Waals surface area (Å²) < 4.78 is 6.87. The monoisotopic (exact) mass is 299 g/mol. The van der Waals surface area contributed by atoms with Crippen molar-refractivity contribution < 1.29 is 9.53 Å². The third kappa shape index (κ3) is 2.95. The summed E-state index contributed by atoms with van der Waals surface area (Å²) >= 11 is 5.78. The van der Waals surface area contributed by atoms with Crippen molar-refractivity contribution in [1.82, 2.24) is 9.55 Å². The first-order valence-electron chi connectivity index (χ1n) is 6.40. The summed E-state index contributed by atoms with van der Waals surface area (Å²) in [7, 11) is 0. The van der Waals surface area contributed by atoms with Gasteiger partial charge in [0.15, 0.2) is 0 Å². The van der Waals surface area contributed by atoms with E-state index >= 15 is 0 Å². The van der Waals surface area contributed by atoms with Gasteiger partial charge in [-0.3, -0.25) is 4.57 Å². The number of carbonyl (C=O) groups is 1. The molecule has 0 aromatic carbocycles. The standard InChI is InChI=1S/C13H18ClN3O3/c1-12(2,3)20-10(18)13(4)5-6-17-9(16-13)7-8(14)15-11(17)19/h7,16H,5-6H2,1-4H3/t13-/m1/s1. The number of rotatable bonds is 1. The second-order valence-corrected chi connectivity index (χ2v) is 6.49. The molecule has 7 heteroatoms. The van der Waals surface area contributed by atoms with Crippen LogP contribution >= 0.6 is 11.6 Å². The molecule has 2 rings (SSSR count). The van der Waals surface area contributed by atoms with Gasteiger partial charge in [-0.2, -0.15) is 4.98 Å². The summed E-state index contributed by atoms with van der Waals surface area (Å²) in [5, 5.41) is 3.14. The molecule has 1 atom stereocenters. The first-order valence-corrected chi connectivity index (χ1v) is 6.78. The van der Waals surface area contributed by atoms with E-state index in [-0.39, 0.29) is 11.1 Å². The second kappa shape index (κ2) is 4.77. The highest BCUT2D eigenvalue weighted by atomic mass is 35.5. The van der Waals surface area contributed by atoms with Crippen molar-refractivity contribution in [2.24, 2.45) is 0 Å². The van der Waals surface area contributed by atoms with Gasteiger partial charge in [-0.15, -0.1) is 0 Å². The smallest absolute Gasteiger partial charge is 0.350 e. The summed E-state index contributed by atoms with van der Waals surface area (Å²) in [4.78, 5) is 27.7. The lowest BCUT2D eigenvalue weighted by Crippen LogP contribution is -2.52. The summed E-state index contributed by atoms with van der Waals surface area (Å²) in [6, 6.07) is 1.53. The van der Waals surface area contributed by atoms with Gasteiger partial charge in [-0.25, -0.2) is 9.59 Å². The van der Waals surface area contributed by atoms with E-state index in [0.29, 0.717) is 18.8 Å². The van der Waals surface area contributed by atoms with Gasteiger partial charge >= 0.3 is 11.7 Å². The molecule has 0 radical (unpaired) electrons. The Labute approximate surface area is 122 Å². The van der Waals surface area contributed by atoms with Gasteiger partial charge in [0, 0.05) is 12.6 Å². The predicted octanol–water partition coefficient (Wildman–Crippen LogP) is 1.81. The van der Waals surface area contributed by atoms with Crippen LogP contribution in [-0.4, -0.2) is 26.7 Å². The Morgan fingerprint density at radius 1 is 1.55 bits per heavy atom. The van der Waals surface area contributed by atoms with Crippen molar-refractivity contribution in [3.8, 4) is 0 Å². The molecule has 0 amide bonds. The van der Waals surface area contributed by atoms with E-state index in [2.05, 4.69) is 10.3 Å². The fourth-order valence-corrected chi connectivity index (χ4v) is 2.20. The largest absolute Gasteiger partial charge is 0.458 e. The minimum atomic E-state index is -0.885. The first kappa shape index (κ1) is 14.8. The van der Waals surface area contributed by atoms with Crippen molar-refractivity contribution in [2.75, 3.05) is 5.32 Å². The molecule has 0 saturated heterocycles. The maximum atomic E-state index is 12.3. The molecular weight excluding hydrogens is 282 g/mol. The third-order valence-corrected chi connectivity index (χ3v) is 3.26. The van der Waals surface area contributed by atoms with Gasteiger partial charge in [0.1, 0.15) is 22.1 Å². The van der Waals surface area contributed by atoms with Crippen molar-refractivity contribution in [3.63, 3.8) is 0 Å². The number of hydrogen-bond acceptors (Lipinski definition) is 5. The summed E-state index contributed by atoms with van der Waals surface area (Å²) in [6.07, 6.45) is 0.443. The molecule has 0 spiro atoms. The fourth-order valence-electron chi connectivity index (χ4n) is 2.02. The summed E-state index contributed by atoms with van der Waals surface area (Å²) in [5.41, 5.74) is -1.87. The van der Waals surface area contributed by atoms with Gasteiger partial charge in [-0.05, 0) is 34.1 Å². The number of esters is 1.